The topological polar surface area (TPSA) is 96.6 Å². The quantitative estimate of drug-likeness (QED) is 0.171. The number of unbranched alkanes of at least 4 members (excludes halogenated alkanes) is 4. The fourth-order valence-corrected chi connectivity index (χ4v) is 5.69. The molecule has 10 heteroatoms. The highest BCUT2D eigenvalue weighted by Gasteiger charge is 2.35. The molecule has 0 bridgehead atoms. The molecule has 0 atom stereocenters. The van der Waals surface area contributed by atoms with Crippen molar-refractivity contribution < 1.29 is 19.0 Å². The molecule has 0 saturated heterocycles. The molecule has 0 aromatic heterocycles. The molecule has 2 heterocycles. The molecule has 212 valence electrons. The zero-order valence-electron chi connectivity index (χ0n) is 23.2. The van der Waals surface area contributed by atoms with Crippen molar-refractivity contribution in [1.82, 2.24) is 5.01 Å². The number of benzene rings is 2. The number of nitrogens with zero attached hydrogens (tertiary/aromatic N) is 3. The predicted octanol–water partition coefficient (Wildman–Crippen LogP) is 7.59. The molecule has 0 spiro atoms. The van der Waals surface area contributed by atoms with Crippen LogP contribution in [0.2, 0.25) is 0 Å². The minimum Gasteiger partial charge on any atom is -0.490 e. The van der Waals surface area contributed by atoms with Crippen LogP contribution in [0.5, 0.6) is 17.2 Å². The van der Waals surface area contributed by atoms with Crippen LogP contribution in [0.4, 0.5) is 0 Å². The van der Waals surface area contributed by atoms with Gasteiger partial charge in [-0.2, -0.15) is 15.1 Å². The molecule has 4 rings (SSSR count). The van der Waals surface area contributed by atoms with Gasteiger partial charge in [-0.25, -0.2) is 0 Å². The van der Waals surface area contributed by atoms with Gasteiger partial charge in [0.2, 0.25) is 5.17 Å². The second-order valence-corrected chi connectivity index (χ2v) is 11.3. The van der Waals surface area contributed by atoms with E-state index in [1.165, 1.54) is 41.6 Å². The third-order valence-electron chi connectivity index (χ3n) is 6.25. The summed E-state index contributed by atoms with van der Waals surface area (Å²) in [5, 5.41) is 16.1. The number of hydrogen-bond donors (Lipinski definition) is 1. The zero-order valence-corrected chi connectivity index (χ0v) is 25.6. The van der Waals surface area contributed by atoms with Crippen molar-refractivity contribution in [3.05, 3.63) is 57.6 Å². The molecule has 2 aromatic rings. The number of aliphatic imine (C=N–C) groups is 1. The average molecular weight is 628 g/mol. The van der Waals surface area contributed by atoms with Crippen LogP contribution in [0.1, 0.15) is 63.5 Å². The van der Waals surface area contributed by atoms with Gasteiger partial charge >= 0.3 is 0 Å². The Morgan fingerprint density at radius 3 is 2.52 bits per heavy atom. The fraction of sp³-hybridized carbons (Fsp3) is 0.400. The van der Waals surface area contributed by atoms with Crippen LogP contribution in [0.25, 0.3) is 6.08 Å². The molecule has 2 aliphatic heterocycles. The Hall–Kier alpha value is -3.11. The first-order valence-electron chi connectivity index (χ1n) is 13.7. The molecule has 0 unspecified atom stereocenters. The number of ether oxygens (including phenoxy) is 3. The van der Waals surface area contributed by atoms with Gasteiger partial charge in [0, 0.05) is 0 Å². The second kappa shape index (κ2) is 14.5. The largest absolute Gasteiger partial charge is 0.490 e. The zero-order chi connectivity index (χ0) is 28.5. The Kier molecular flexibility index (Phi) is 10.8. The fourth-order valence-electron chi connectivity index (χ4n) is 4.19. The van der Waals surface area contributed by atoms with Gasteiger partial charge in [0.15, 0.2) is 17.3 Å². The van der Waals surface area contributed by atoms with Gasteiger partial charge in [-0.15, -0.1) is 0 Å². The van der Waals surface area contributed by atoms with Crippen LogP contribution in [0, 0.1) is 12.3 Å². The van der Waals surface area contributed by atoms with E-state index in [1.54, 1.807) is 12.1 Å². The molecule has 0 fully saturated rings. The Morgan fingerprint density at radius 2 is 1.77 bits per heavy atom. The van der Waals surface area contributed by atoms with Crippen molar-refractivity contribution in [2.24, 2.45) is 10.1 Å². The number of thioether (sulfide) groups is 1. The molecule has 40 heavy (non-hydrogen) atoms. The Morgan fingerprint density at radius 1 is 1.02 bits per heavy atom. The standard InChI is InChI=1S/C30H35BrN4O4S/c1-4-6-7-8-9-10-26-34-35-28(32)23(29(36)33-30(35)40-26)17-21-18-24(31)27(25(19-21)37-5-2)39-16-15-38-22-13-11-20(3)12-14-22/h11-14,17-19,32H,4-10,15-16H2,1-3H3/b23-17-,32-28?. The number of aryl methyl sites for hydroxylation is 1. The average Bonchev–Trinajstić information content (AvgIpc) is 3.34. The number of halogens is 1. The first-order chi connectivity index (χ1) is 19.4. The number of amides is 1. The van der Waals surface area contributed by atoms with Crippen LogP contribution in [-0.4, -0.2) is 46.8 Å². The van der Waals surface area contributed by atoms with E-state index in [-0.39, 0.29) is 11.4 Å². The van der Waals surface area contributed by atoms with Gasteiger partial charge in [0.25, 0.3) is 5.91 Å². The molecule has 0 saturated carbocycles. The molecule has 1 amide bonds. The number of fused-ring (bicyclic) bond motifs is 1. The maximum absolute atomic E-state index is 12.9. The summed E-state index contributed by atoms with van der Waals surface area (Å²) < 4.78 is 18.3. The Labute approximate surface area is 248 Å². The molecule has 2 aliphatic rings. The second-order valence-electron chi connectivity index (χ2n) is 9.45. The van der Waals surface area contributed by atoms with Crippen molar-refractivity contribution >= 4 is 55.7 Å². The summed E-state index contributed by atoms with van der Waals surface area (Å²) in [5.74, 6) is 1.42. The van der Waals surface area contributed by atoms with E-state index in [4.69, 9.17) is 19.6 Å². The number of carbonyl (C=O) groups excluding carboxylic acids is 1. The molecule has 8 nitrogen and oxygen atoms in total. The molecule has 2 aromatic carbocycles. The number of carbonyl (C=O) groups is 1. The van der Waals surface area contributed by atoms with Gasteiger partial charge in [-0.1, -0.05) is 50.3 Å². The third-order valence-corrected chi connectivity index (χ3v) is 7.81. The molecular formula is C30H35BrN4O4S. The number of hydrogen-bond acceptors (Lipinski definition) is 7. The van der Waals surface area contributed by atoms with Gasteiger partial charge in [0.1, 0.15) is 24.0 Å². The predicted molar refractivity (Wildman–Crippen MR) is 166 cm³/mol. The van der Waals surface area contributed by atoms with E-state index in [0.29, 0.717) is 46.5 Å². The summed E-state index contributed by atoms with van der Waals surface area (Å²) in [6.45, 7) is 7.25. The van der Waals surface area contributed by atoms with E-state index < -0.39 is 5.91 Å². The number of nitrogens with one attached hydrogen (secondary N) is 1. The maximum Gasteiger partial charge on any atom is 0.283 e. The van der Waals surface area contributed by atoms with Crippen molar-refractivity contribution in [2.75, 3.05) is 19.8 Å². The van der Waals surface area contributed by atoms with Gasteiger partial charge in [0.05, 0.1) is 16.7 Å². The monoisotopic (exact) mass is 626 g/mol. The summed E-state index contributed by atoms with van der Waals surface area (Å²) in [7, 11) is 0. The molecule has 0 radical (unpaired) electrons. The van der Waals surface area contributed by atoms with E-state index in [2.05, 4.69) is 32.9 Å². The first kappa shape index (κ1) is 29.9. The minimum atomic E-state index is -0.453. The Bertz CT molecular complexity index is 1320. The van der Waals surface area contributed by atoms with Crippen molar-refractivity contribution in [3.63, 3.8) is 0 Å². The molecular weight excluding hydrogens is 592 g/mol. The third kappa shape index (κ3) is 7.75. The highest BCUT2D eigenvalue weighted by atomic mass is 79.9. The van der Waals surface area contributed by atoms with Gasteiger partial charge in [-0.3, -0.25) is 10.2 Å². The number of amidine groups is 2. The van der Waals surface area contributed by atoms with Gasteiger partial charge in [-0.05, 0) is 90.3 Å². The summed E-state index contributed by atoms with van der Waals surface area (Å²) >= 11 is 4.96. The summed E-state index contributed by atoms with van der Waals surface area (Å²) in [6.07, 6.45) is 8.32. The van der Waals surface area contributed by atoms with Crippen molar-refractivity contribution in [2.45, 2.75) is 59.3 Å². The van der Waals surface area contributed by atoms with Crippen LogP contribution in [-0.2, 0) is 4.79 Å². The highest BCUT2D eigenvalue weighted by Crippen LogP contribution is 2.38. The van der Waals surface area contributed by atoms with Crippen LogP contribution in [0.15, 0.2) is 56.5 Å². The van der Waals surface area contributed by atoms with Gasteiger partial charge < -0.3 is 14.2 Å². The lowest BCUT2D eigenvalue weighted by Gasteiger charge is -2.20. The summed E-state index contributed by atoms with van der Waals surface area (Å²) in [5.41, 5.74) is 2.02. The number of rotatable bonds is 14. The smallest absolute Gasteiger partial charge is 0.283 e. The van der Waals surface area contributed by atoms with E-state index >= 15 is 0 Å². The van der Waals surface area contributed by atoms with E-state index in [9.17, 15) is 4.79 Å². The summed E-state index contributed by atoms with van der Waals surface area (Å²) in [4.78, 5) is 17.1. The highest BCUT2D eigenvalue weighted by molar-refractivity contribution is 9.10. The maximum atomic E-state index is 12.9. The minimum absolute atomic E-state index is 0.0196. The SMILES string of the molecule is CCCCCCCC1=NN2C(=N)/C(=C/c3cc(Br)c(OCCOc4ccc(C)cc4)c(OCC)c3)C(=O)N=C2S1. The van der Waals surface area contributed by atoms with Crippen LogP contribution < -0.4 is 14.2 Å². The van der Waals surface area contributed by atoms with Crippen molar-refractivity contribution in [1.29, 1.82) is 5.41 Å². The van der Waals surface area contributed by atoms with Crippen LogP contribution in [0.3, 0.4) is 0 Å². The number of hydrazone groups is 1. The lowest BCUT2D eigenvalue weighted by Crippen LogP contribution is -2.35. The van der Waals surface area contributed by atoms with Crippen molar-refractivity contribution in [3.8, 4) is 17.2 Å². The first-order valence-corrected chi connectivity index (χ1v) is 15.3. The lowest BCUT2D eigenvalue weighted by atomic mass is 10.1. The van der Waals surface area contributed by atoms with E-state index in [1.807, 2.05) is 44.2 Å². The normalized spacial score (nSPS) is 15.7. The summed E-state index contributed by atoms with van der Waals surface area (Å²) in [6, 6.07) is 11.5. The lowest BCUT2D eigenvalue weighted by molar-refractivity contribution is -0.114. The van der Waals surface area contributed by atoms with Crippen LogP contribution >= 0.6 is 27.7 Å². The van der Waals surface area contributed by atoms with E-state index in [0.717, 1.165) is 30.1 Å². The molecule has 1 N–H and O–H groups in total. The molecule has 0 aliphatic carbocycles. The Balaban J connectivity index is 1.44.